The molecule has 1 amide bonds. The number of nitrogens with one attached hydrogen (secondary N) is 2. The Bertz CT molecular complexity index is 1190. The third kappa shape index (κ3) is 3.35. The number of carbonyl (C=O) groups is 1. The molecule has 34 heavy (non-hydrogen) atoms. The first-order chi connectivity index (χ1) is 16.6. The van der Waals surface area contributed by atoms with E-state index in [4.69, 9.17) is 4.74 Å². The predicted octanol–water partition coefficient (Wildman–Crippen LogP) is 4.44. The van der Waals surface area contributed by atoms with Crippen LogP contribution in [0.25, 0.3) is 11.3 Å². The van der Waals surface area contributed by atoms with E-state index in [0.29, 0.717) is 17.8 Å². The minimum Gasteiger partial charge on any atom is -0.496 e. The molecule has 3 fully saturated rings. The van der Waals surface area contributed by atoms with Crippen molar-refractivity contribution in [3.8, 4) is 17.0 Å². The molecule has 0 radical (unpaired) electrons. The number of piperidine rings is 1. The normalized spacial score (nSPS) is 29.8. The van der Waals surface area contributed by atoms with Crippen molar-refractivity contribution in [1.82, 2.24) is 20.4 Å². The van der Waals surface area contributed by atoms with E-state index in [1.54, 1.807) is 7.11 Å². The maximum Gasteiger partial charge on any atom is 0.272 e. The molecule has 2 bridgehead atoms. The molecule has 1 aliphatic carbocycles. The van der Waals surface area contributed by atoms with E-state index in [-0.39, 0.29) is 23.4 Å². The van der Waals surface area contributed by atoms with Gasteiger partial charge >= 0.3 is 0 Å². The number of benzene rings is 2. The van der Waals surface area contributed by atoms with Crippen molar-refractivity contribution in [2.45, 2.75) is 63.2 Å². The molecule has 3 aliphatic rings. The lowest BCUT2D eigenvalue weighted by atomic mass is 9.64. The van der Waals surface area contributed by atoms with E-state index < -0.39 is 0 Å². The van der Waals surface area contributed by atoms with Crippen LogP contribution in [0.3, 0.4) is 0 Å². The number of nitrogens with zero attached hydrogens (tertiary/aromatic N) is 2. The molecule has 0 spiro atoms. The van der Waals surface area contributed by atoms with E-state index in [9.17, 15) is 4.79 Å². The van der Waals surface area contributed by atoms with Crippen LogP contribution in [0.4, 0.5) is 0 Å². The molecule has 6 rings (SSSR count). The molecule has 6 heteroatoms. The number of methoxy groups -OCH3 is 1. The number of likely N-dealkylation sites (tertiary alicyclic amines) is 1. The first-order valence-electron chi connectivity index (χ1n) is 12.4. The summed E-state index contributed by atoms with van der Waals surface area (Å²) >= 11 is 0. The van der Waals surface area contributed by atoms with Crippen LogP contribution in [0.1, 0.15) is 48.7 Å². The van der Waals surface area contributed by atoms with Gasteiger partial charge in [0.15, 0.2) is 0 Å². The summed E-state index contributed by atoms with van der Waals surface area (Å²) < 4.78 is 5.52. The molecular formula is C28H32N4O2. The highest BCUT2D eigenvalue weighted by Crippen LogP contribution is 2.52. The maximum absolute atomic E-state index is 14.2. The van der Waals surface area contributed by atoms with E-state index in [1.165, 1.54) is 12.0 Å². The molecule has 3 heterocycles. The van der Waals surface area contributed by atoms with Gasteiger partial charge in [0, 0.05) is 29.1 Å². The summed E-state index contributed by atoms with van der Waals surface area (Å²) in [6.45, 7) is 2.39. The maximum atomic E-state index is 14.2. The summed E-state index contributed by atoms with van der Waals surface area (Å²) in [5.41, 5.74) is 3.55. The Morgan fingerprint density at radius 2 is 1.94 bits per heavy atom. The molecular weight excluding hydrogens is 424 g/mol. The molecule has 1 aromatic heterocycles. The second-order valence-corrected chi connectivity index (χ2v) is 10.3. The number of hydrogen-bond acceptors (Lipinski definition) is 4. The largest absolute Gasteiger partial charge is 0.496 e. The molecule has 1 saturated carbocycles. The van der Waals surface area contributed by atoms with Gasteiger partial charge in [0.05, 0.1) is 18.8 Å². The minimum atomic E-state index is 0.0554. The molecule has 5 atom stereocenters. The van der Waals surface area contributed by atoms with Crippen LogP contribution >= 0.6 is 0 Å². The predicted molar refractivity (Wildman–Crippen MR) is 132 cm³/mol. The number of para-hydroxylation sites is 1. The summed E-state index contributed by atoms with van der Waals surface area (Å²) in [4.78, 5) is 16.4. The number of aromatic nitrogens is 2. The van der Waals surface area contributed by atoms with Crippen LogP contribution in [0.15, 0.2) is 60.7 Å². The zero-order chi connectivity index (χ0) is 23.3. The Morgan fingerprint density at radius 3 is 2.76 bits per heavy atom. The summed E-state index contributed by atoms with van der Waals surface area (Å²) in [5, 5.41) is 11.5. The van der Waals surface area contributed by atoms with Gasteiger partial charge in [-0.1, -0.05) is 49.4 Å². The number of rotatable bonds is 5. The summed E-state index contributed by atoms with van der Waals surface area (Å²) in [5.74, 6) is 0.803. The van der Waals surface area contributed by atoms with Crippen LogP contribution in [-0.4, -0.2) is 52.3 Å². The summed E-state index contributed by atoms with van der Waals surface area (Å²) in [7, 11) is 1.66. The first-order valence-corrected chi connectivity index (χ1v) is 12.4. The van der Waals surface area contributed by atoms with Gasteiger partial charge in [-0.25, -0.2) is 0 Å². The van der Waals surface area contributed by atoms with Gasteiger partial charge in [0.1, 0.15) is 11.4 Å². The van der Waals surface area contributed by atoms with Crippen molar-refractivity contribution in [3.05, 3.63) is 71.9 Å². The summed E-state index contributed by atoms with van der Waals surface area (Å²) in [6, 6.07) is 21.4. The average Bonchev–Trinajstić information content (AvgIpc) is 3.48. The quantitative estimate of drug-likeness (QED) is 0.595. The van der Waals surface area contributed by atoms with Crippen molar-refractivity contribution >= 4 is 5.91 Å². The van der Waals surface area contributed by atoms with Crippen molar-refractivity contribution in [2.75, 3.05) is 7.11 Å². The number of carbonyl (C=O) groups excluding carboxylic acids is 1. The number of hydrogen-bond donors (Lipinski definition) is 2. The summed E-state index contributed by atoms with van der Waals surface area (Å²) in [6.07, 6.45) is 5.41. The Hall–Kier alpha value is -3.12. The topological polar surface area (TPSA) is 70.2 Å². The SMILES string of the molecule is COc1ccccc1-c1cc(C(=O)N2[C@@H](Cc3ccccc3)[C@@H]3C[C@@]4(C)[C@H](CCC[C@@H]24)N3)[nH]n1. The number of fused-ring (bicyclic) bond motifs is 1. The van der Waals surface area contributed by atoms with Gasteiger partial charge < -0.3 is 15.0 Å². The first kappa shape index (κ1) is 21.4. The zero-order valence-electron chi connectivity index (χ0n) is 19.8. The van der Waals surface area contributed by atoms with Gasteiger partial charge in [-0.2, -0.15) is 5.10 Å². The molecule has 6 nitrogen and oxygen atoms in total. The number of aromatic amines is 1. The Labute approximate surface area is 200 Å². The van der Waals surface area contributed by atoms with Crippen molar-refractivity contribution in [2.24, 2.45) is 5.41 Å². The lowest BCUT2D eigenvalue weighted by Crippen LogP contribution is -2.62. The highest BCUT2D eigenvalue weighted by atomic mass is 16.5. The number of H-pyrrole nitrogens is 1. The average molecular weight is 457 g/mol. The van der Waals surface area contributed by atoms with Gasteiger partial charge in [0.25, 0.3) is 5.91 Å². The van der Waals surface area contributed by atoms with Crippen molar-refractivity contribution < 1.29 is 9.53 Å². The lowest BCUT2D eigenvalue weighted by molar-refractivity contribution is -0.0115. The monoisotopic (exact) mass is 456 g/mol. The Morgan fingerprint density at radius 1 is 1.15 bits per heavy atom. The Kier molecular flexibility index (Phi) is 5.21. The van der Waals surface area contributed by atoms with E-state index in [1.807, 2.05) is 30.3 Å². The van der Waals surface area contributed by atoms with E-state index >= 15 is 0 Å². The van der Waals surface area contributed by atoms with E-state index in [2.05, 4.69) is 57.7 Å². The standard InChI is InChI=1S/C28H32N4O2/c1-28-17-22-23(15-18-9-4-3-5-10-18)32(26(28)14-8-13-25(28)29-22)27(33)21-16-20(30-31-21)19-11-6-7-12-24(19)34-2/h3-7,9-12,16,22-23,25-26,29H,8,13-15,17H2,1-2H3,(H,30,31)/t22-,23-,25-,26+,28-/m0/s1. The molecule has 2 N–H and O–H groups in total. The smallest absolute Gasteiger partial charge is 0.272 e. The Balaban J connectivity index is 1.37. The van der Waals surface area contributed by atoms with Gasteiger partial charge in [0.2, 0.25) is 0 Å². The zero-order valence-corrected chi connectivity index (χ0v) is 19.8. The third-order valence-corrected chi connectivity index (χ3v) is 8.47. The van der Waals surface area contributed by atoms with Crippen molar-refractivity contribution in [1.29, 1.82) is 0 Å². The second-order valence-electron chi connectivity index (χ2n) is 10.3. The van der Waals surface area contributed by atoms with Gasteiger partial charge in [-0.15, -0.1) is 0 Å². The van der Waals surface area contributed by atoms with Crippen LogP contribution < -0.4 is 10.1 Å². The van der Waals surface area contributed by atoms with Crippen molar-refractivity contribution in [3.63, 3.8) is 0 Å². The van der Waals surface area contributed by atoms with Crippen LogP contribution in [0.5, 0.6) is 5.75 Å². The van der Waals surface area contributed by atoms with E-state index in [0.717, 1.165) is 42.7 Å². The molecule has 0 unspecified atom stereocenters. The molecule has 2 saturated heterocycles. The fourth-order valence-electron chi connectivity index (χ4n) is 6.83. The fraction of sp³-hybridized carbons (Fsp3) is 0.429. The number of amides is 1. The number of ether oxygens (including phenoxy) is 1. The molecule has 2 aromatic carbocycles. The van der Waals surface area contributed by atoms with Gasteiger partial charge in [-0.05, 0) is 55.9 Å². The van der Waals surface area contributed by atoms with Gasteiger partial charge in [-0.3, -0.25) is 9.89 Å². The fourth-order valence-corrected chi connectivity index (χ4v) is 6.83. The second kappa shape index (κ2) is 8.27. The molecule has 3 aromatic rings. The van der Waals surface area contributed by atoms with Crippen LogP contribution in [0.2, 0.25) is 0 Å². The molecule has 176 valence electrons. The van der Waals surface area contributed by atoms with Crippen LogP contribution in [-0.2, 0) is 6.42 Å². The lowest BCUT2D eigenvalue weighted by Gasteiger charge is -2.53. The third-order valence-electron chi connectivity index (χ3n) is 8.47. The van der Waals surface area contributed by atoms with Crippen LogP contribution in [0, 0.1) is 5.41 Å². The highest BCUT2D eigenvalue weighted by molar-refractivity contribution is 5.94. The highest BCUT2D eigenvalue weighted by Gasteiger charge is 2.60. The molecule has 2 aliphatic heterocycles. The minimum absolute atomic E-state index is 0.0554.